The van der Waals surface area contributed by atoms with Crippen molar-refractivity contribution in [2.75, 3.05) is 7.11 Å². The molecule has 0 saturated carbocycles. The number of aliphatic carboxylic acids is 1. The fourth-order valence-corrected chi connectivity index (χ4v) is 1.61. The lowest BCUT2D eigenvalue weighted by Gasteiger charge is -2.13. The van der Waals surface area contributed by atoms with E-state index in [4.69, 9.17) is 15.6 Å². The monoisotopic (exact) mass is 277 g/mol. The Morgan fingerprint density at radius 3 is 2.73 bits per heavy atom. The van der Waals surface area contributed by atoms with Crippen LogP contribution in [-0.2, 0) is 4.79 Å². The van der Waals surface area contributed by atoms with Crippen molar-refractivity contribution in [2.45, 2.75) is 6.04 Å². The van der Waals surface area contributed by atoms with Crippen molar-refractivity contribution in [1.82, 2.24) is 0 Å². The lowest BCUT2D eigenvalue weighted by Crippen LogP contribution is -2.21. The molecule has 1 unspecified atom stereocenters. The van der Waals surface area contributed by atoms with Gasteiger partial charge in [0.15, 0.2) is 11.6 Å². The summed E-state index contributed by atoms with van der Waals surface area (Å²) < 4.78 is 18.5. The zero-order valence-electron chi connectivity index (χ0n) is 7.83. The summed E-state index contributed by atoms with van der Waals surface area (Å²) in [4.78, 5) is 10.7. The number of methoxy groups -OCH3 is 1. The Labute approximate surface area is 94.0 Å². The van der Waals surface area contributed by atoms with Gasteiger partial charge in [0.1, 0.15) is 6.04 Å². The lowest BCUT2D eigenvalue weighted by atomic mass is 10.1. The predicted molar refractivity (Wildman–Crippen MR) is 55.2 cm³/mol. The Balaban J connectivity index is 3.32. The molecule has 0 heterocycles. The molecule has 0 aliphatic carbocycles. The van der Waals surface area contributed by atoms with Crippen LogP contribution in [0.2, 0.25) is 0 Å². The second-order valence-electron chi connectivity index (χ2n) is 2.83. The van der Waals surface area contributed by atoms with Gasteiger partial charge in [0, 0.05) is 10.0 Å². The maximum atomic E-state index is 13.3. The minimum atomic E-state index is -1.31. The van der Waals surface area contributed by atoms with Gasteiger partial charge in [-0.15, -0.1) is 0 Å². The van der Waals surface area contributed by atoms with Crippen LogP contribution in [0.5, 0.6) is 5.75 Å². The fraction of sp³-hybridized carbons (Fsp3) is 0.222. The lowest BCUT2D eigenvalue weighted by molar-refractivity contribution is -0.138. The first kappa shape index (κ1) is 11.9. The zero-order chi connectivity index (χ0) is 11.6. The SMILES string of the molecule is COc1c(F)cc(Br)cc1C(N)C(=O)O. The average Bonchev–Trinajstić information content (AvgIpc) is 2.15. The number of nitrogens with two attached hydrogens (primary N) is 1. The number of hydrogen-bond acceptors (Lipinski definition) is 3. The normalized spacial score (nSPS) is 12.3. The largest absolute Gasteiger partial charge is 0.493 e. The van der Waals surface area contributed by atoms with E-state index in [1.807, 2.05) is 0 Å². The topological polar surface area (TPSA) is 72.5 Å². The second kappa shape index (κ2) is 4.59. The molecule has 0 fully saturated rings. The molecule has 0 amide bonds. The molecule has 3 N–H and O–H groups in total. The smallest absolute Gasteiger partial charge is 0.325 e. The van der Waals surface area contributed by atoms with Gasteiger partial charge in [0.2, 0.25) is 0 Å². The van der Waals surface area contributed by atoms with E-state index < -0.39 is 17.8 Å². The highest BCUT2D eigenvalue weighted by molar-refractivity contribution is 9.10. The number of halogens is 2. The van der Waals surface area contributed by atoms with Crippen LogP contribution in [0, 0.1) is 5.82 Å². The molecule has 0 spiro atoms. The summed E-state index contributed by atoms with van der Waals surface area (Å²) in [5, 5.41) is 8.72. The average molecular weight is 278 g/mol. The molecule has 15 heavy (non-hydrogen) atoms. The number of rotatable bonds is 3. The minimum absolute atomic E-state index is 0.0943. The fourth-order valence-electron chi connectivity index (χ4n) is 1.16. The molecule has 0 radical (unpaired) electrons. The summed E-state index contributed by atoms with van der Waals surface area (Å²) in [5.41, 5.74) is 5.48. The third-order valence-electron chi connectivity index (χ3n) is 1.84. The zero-order valence-corrected chi connectivity index (χ0v) is 9.42. The van der Waals surface area contributed by atoms with Crippen LogP contribution in [0.4, 0.5) is 4.39 Å². The number of carboxylic acid groups (broad SMARTS) is 1. The molecule has 0 aliphatic heterocycles. The predicted octanol–water partition coefficient (Wildman–Crippen LogP) is 1.68. The Morgan fingerprint density at radius 1 is 1.67 bits per heavy atom. The maximum Gasteiger partial charge on any atom is 0.325 e. The van der Waals surface area contributed by atoms with E-state index in [1.54, 1.807) is 0 Å². The molecular weight excluding hydrogens is 269 g/mol. The Kier molecular flexibility index (Phi) is 3.65. The van der Waals surface area contributed by atoms with Gasteiger partial charge in [-0.1, -0.05) is 15.9 Å². The number of ether oxygens (including phenoxy) is 1. The van der Waals surface area contributed by atoms with Crippen molar-refractivity contribution >= 4 is 21.9 Å². The number of carboxylic acids is 1. The van der Waals surface area contributed by atoms with Crippen LogP contribution in [0.15, 0.2) is 16.6 Å². The van der Waals surface area contributed by atoms with Crippen molar-refractivity contribution in [1.29, 1.82) is 0 Å². The summed E-state index contributed by atoms with van der Waals surface area (Å²) >= 11 is 3.05. The third kappa shape index (κ3) is 2.45. The molecule has 0 aromatic heterocycles. The quantitative estimate of drug-likeness (QED) is 0.882. The number of benzene rings is 1. The van der Waals surface area contributed by atoms with Crippen molar-refractivity contribution in [2.24, 2.45) is 5.73 Å². The molecule has 1 atom stereocenters. The maximum absolute atomic E-state index is 13.3. The van der Waals surface area contributed by atoms with Crippen LogP contribution in [0.25, 0.3) is 0 Å². The molecule has 0 saturated heterocycles. The minimum Gasteiger partial charge on any atom is -0.493 e. The second-order valence-corrected chi connectivity index (χ2v) is 3.74. The van der Waals surface area contributed by atoms with E-state index in [0.717, 1.165) is 0 Å². The van der Waals surface area contributed by atoms with Crippen LogP contribution in [0.1, 0.15) is 11.6 Å². The first-order valence-corrected chi connectivity index (χ1v) is 4.78. The van der Waals surface area contributed by atoms with Crippen molar-refractivity contribution in [3.63, 3.8) is 0 Å². The summed E-state index contributed by atoms with van der Waals surface area (Å²) in [5.74, 6) is -2.04. The van der Waals surface area contributed by atoms with Gasteiger partial charge in [0.25, 0.3) is 0 Å². The highest BCUT2D eigenvalue weighted by Gasteiger charge is 2.22. The summed E-state index contributed by atoms with van der Waals surface area (Å²) in [7, 11) is 1.25. The summed E-state index contributed by atoms with van der Waals surface area (Å²) in [6.07, 6.45) is 0. The van der Waals surface area contributed by atoms with E-state index in [0.29, 0.717) is 4.47 Å². The molecular formula is C9H9BrFNO3. The molecule has 0 aliphatic rings. The van der Waals surface area contributed by atoms with Crippen LogP contribution < -0.4 is 10.5 Å². The highest BCUT2D eigenvalue weighted by Crippen LogP contribution is 2.30. The first-order chi connectivity index (χ1) is 6.97. The standard InChI is InChI=1S/C9H9BrFNO3/c1-15-8-5(7(12)9(13)14)2-4(10)3-6(8)11/h2-3,7H,12H2,1H3,(H,13,14). The molecule has 0 bridgehead atoms. The summed E-state index contributed by atoms with van der Waals surface area (Å²) in [6.45, 7) is 0. The van der Waals surface area contributed by atoms with Gasteiger partial charge in [-0.25, -0.2) is 4.39 Å². The van der Waals surface area contributed by atoms with Crippen molar-refractivity contribution < 1.29 is 19.0 Å². The Bertz CT molecular complexity index is 397. The van der Waals surface area contributed by atoms with Gasteiger partial charge in [-0.2, -0.15) is 0 Å². The number of hydrogen-bond donors (Lipinski definition) is 2. The van der Waals surface area contributed by atoms with Gasteiger partial charge < -0.3 is 15.6 Å². The van der Waals surface area contributed by atoms with E-state index in [9.17, 15) is 9.18 Å². The van der Waals surface area contributed by atoms with Gasteiger partial charge >= 0.3 is 5.97 Å². The van der Waals surface area contributed by atoms with E-state index >= 15 is 0 Å². The number of carbonyl (C=O) groups is 1. The molecule has 1 rings (SSSR count). The van der Waals surface area contributed by atoms with Gasteiger partial charge in [-0.3, -0.25) is 4.79 Å². The van der Waals surface area contributed by atoms with Gasteiger partial charge in [0.05, 0.1) is 7.11 Å². The van der Waals surface area contributed by atoms with Crippen LogP contribution in [-0.4, -0.2) is 18.2 Å². The molecule has 4 nitrogen and oxygen atoms in total. The van der Waals surface area contributed by atoms with Crippen molar-refractivity contribution in [3.8, 4) is 5.75 Å². The third-order valence-corrected chi connectivity index (χ3v) is 2.30. The molecule has 1 aromatic rings. The van der Waals surface area contributed by atoms with Crippen molar-refractivity contribution in [3.05, 3.63) is 28.0 Å². The Hall–Kier alpha value is -1.14. The highest BCUT2D eigenvalue weighted by atomic mass is 79.9. The molecule has 82 valence electrons. The Morgan fingerprint density at radius 2 is 2.27 bits per heavy atom. The van der Waals surface area contributed by atoms with Crippen LogP contribution in [0.3, 0.4) is 0 Å². The van der Waals surface area contributed by atoms with E-state index in [-0.39, 0.29) is 11.3 Å². The van der Waals surface area contributed by atoms with E-state index in [2.05, 4.69) is 15.9 Å². The summed E-state index contributed by atoms with van der Waals surface area (Å²) in [6, 6.07) is 1.28. The van der Waals surface area contributed by atoms with Crippen LogP contribution >= 0.6 is 15.9 Å². The van der Waals surface area contributed by atoms with E-state index in [1.165, 1.54) is 19.2 Å². The molecule has 1 aromatic carbocycles. The molecule has 6 heteroatoms. The van der Waals surface area contributed by atoms with Gasteiger partial charge in [-0.05, 0) is 12.1 Å². The first-order valence-electron chi connectivity index (χ1n) is 3.98.